The highest BCUT2D eigenvalue weighted by atomic mass is 32.2. The summed E-state index contributed by atoms with van der Waals surface area (Å²) in [7, 11) is -2.13. The van der Waals surface area contributed by atoms with E-state index in [1.807, 2.05) is 6.07 Å². The SMILES string of the molecule is CNCc1ccc(=O)n(S(=O)(=O)c2cccc(CC(C)C)c2)c1. The first-order valence-corrected chi connectivity index (χ1v) is 8.99. The minimum Gasteiger partial charge on any atom is -0.316 e. The van der Waals surface area contributed by atoms with E-state index >= 15 is 0 Å². The van der Waals surface area contributed by atoms with E-state index in [0.717, 1.165) is 21.5 Å². The number of aromatic nitrogens is 1. The molecule has 0 radical (unpaired) electrons. The Morgan fingerprint density at radius 1 is 1.13 bits per heavy atom. The van der Waals surface area contributed by atoms with Crippen molar-refractivity contribution in [1.29, 1.82) is 0 Å². The second-order valence-electron chi connectivity index (χ2n) is 5.95. The van der Waals surface area contributed by atoms with E-state index in [0.29, 0.717) is 12.5 Å². The molecule has 0 aliphatic rings. The first kappa shape index (κ1) is 17.4. The van der Waals surface area contributed by atoms with Crippen LogP contribution in [0.2, 0.25) is 0 Å². The van der Waals surface area contributed by atoms with E-state index in [2.05, 4.69) is 19.2 Å². The standard InChI is InChI=1S/C17H22N2O3S/c1-13(2)9-14-5-4-6-16(10-14)23(21,22)19-12-15(11-18-3)7-8-17(19)20/h4-8,10,12-13,18H,9,11H2,1-3H3. The van der Waals surface area contributed by atoms with Gasteiger partial charge in [0.05, 0.1) is 4.90 Å². The molecule has 6 heteroatoms. The molecule has 0 spiro atoms. The maximum atomic E-state index is 12.8. The molecule has 5 nitrogen and oxygen atoms in total. The van der Waals surface area contributed by atoms with Gasteiger partial charge in [0.15, 0.2) is 0 Å². The zero-order chi connectivity index (χ0) is 17.0. The third-order valence-electron chi connectivity index (χ3n) is 3.42. The minimum atomic E-state index is -3.89. The van der Waals surface area contributed by atoms with E-state index in [1.165, 1.54) is 18.3 Å². The van der Waals surface area contributed by atoms with Crippen molar-refractivity contribution >= 4 is 10.0 Å². The number of benzene rings is 1. The molecule has 0 aliphatic heterocycles. The molecule has 124 valence electrons. The molecule has 0 unspecified atom stereocenters. The predicted molar refractivity (Wildman–Crippen MR) is 91.0 cm³/mol. The molecule has 1 heterocycles. The van der Waals surface area contributed by atoms with Gasteiger partial charge in [-0.3, -0.25) is 4.79 Å². The topological polar surface area (TPSA) is 68.2 Å². The average Bonchev–Trinajstić information content (AvgIpc) is 2.49. The molecular formula is C17H22N2O3S. The van der Waals surface area contributed by atoms with Crippen LogP contribution in [0.25, 0.3) is 0 Å². The summed E-state index contributed by atoms with van der Waals surface area (Å²) in [5.41, 5.74) is 1.12. The van der Waals surface area contributed by atoms with E-state index in [-0.39, 0.29) is 4.90 Å². The van der Waals surface area contributed by atoms with Crippen molar-refractivity contribution in [1.82, 2.24) is 9.29 Å². The lowest BCUT2D eigenvalue weighted by Gasteiger charge is -2.11. The molecule has 0 amide bonds. The number of rotatable bonds is 6. The number of nitrogens with zero attached hydrogens (tertiary/aromatic N) is 1. The Bertz CT molecular complexity index is 839. The first-order valence-electron chi connectivity index (χ1n) is 7.55. The Morgan fingerprint density at radius 2 is 1.87 bits per heavy atom. The lowest BCUT2D eigenvalue weighted by molar-refractivity contribution is 0.584. The van der Waals surface area contributed by atoms with Gasteiger partial charge in [-0.1, -0.05) is 32.0 Å². The zero-order valence-corrected chi connectivity index (χ0v) is 14.4. The van der Waals surface area contributed by atoms with Crippen LogP contribution >= 0.6 is 0 Å². The third-order valence-corrected chi connectivity index (χ3v) is 5.07. The molecule has 0 saturated carbocycles. The lowest BCUT2D eigenvalue weighted by atomic mass is 10.0. The van der Waals surface area contributed by atoms with Gasteiger partial charge < -0.3 is 5.32 Å². The van der Waals surface area contributed by atoms with Gasteiger partial charge in [0.1, 0.15) is 0 Å². The highest BCUT2D eigenvalue weighted by Crippen LogP contribution is 2.17. The van der Waals surface area contributed by atoms with Crippen molar-refractivity contribution in [2.75, 3.05) is 7.05 Å². The zero-order valence-electron chi connectivity index (χ0n) is 13.6. The maximum Gasteiger partial charge on any atom is 0.270 e. The highest BCUT2D eigenvalue weighted by molar-refractivity contribution is 7.90. The van der Waals surface area contributed by atoms with Gasteiger partial charge in [0.2, 0.25) is 0 Å². The van der Waals surface area contributed by atoms with Crippen molar-refractivity contribution in [2.24, 2.45) is 5.92 Å². The van der Waals surface area contributed by atoms with Gasteiger partial charge >= 0.3 is 0 Å². The molecule has 0 atom stereocenters. The molecule has 0 saturated heterocycles. The predicted octanol–water partition coefficient (Wildman–Crippen LogP) is 2.00. The smallest absolute Gasteiger partial charge is 0.270 e. The van der Waals surface area contributed by atoms with E-state index < -0.39 is 15.6 Å². The van der Waals surface area contributed by atoms with E-state index in [9.17, 15) is 13.2 Å². The molecule has 1 aromatic carbocycles. The number of nitrogens with one attached hydrogen (secondary N) is 1. The van der Waals surface area contributed by atoms with Crippen LogP contribution in [-0.2, 0) is 23.0 Å². The average molecular weight is 334 g/mol. The second kappa shape index (κ2) is 7.10. The van der Waals surface area contributed by atoms with Crippen LogP contribution in [0.1, 0.15) is 25.0 Å². The minimum absolute atomic E-state index is 0.138. The Balaban J connectivity index is 2.50. The van der Waals surface area contributed by atoms with Gasteiger partial charge in [-0.2, -0.15) is 0 Å². The van der Waals surface area contributed by atoms with Gasteiger partial charge in [-0.15, -0.1) is 0 Å². The van der Waals surface area contributed by atoms with Crippen LogP contribution in [0.4, 0.5) is 0 Å². The maximum absolute atomic E-state index is 12.8. The Labute approximate surface area is 137 Å². The molecule has 23 heavy (non-hydrogen) atoms. The molecule has 0 fully saturated rings. The van der Waals surface area contributed by atoms with Crippen molar-refractivity contribution in [3.05, 3.63) is 64.1 Å². The molecular weight excluding hydrogens is 312 g/mol. The Hall–Kier alpha value is -1.92. The first-order chi connectivity index (χ1) is 10.8. The summed E-state index contributed by atoms with van der Waals surface area (Å²) in [5.74, 6) is 0.426. The van der Waals surface area contributed by atoms with E-state index in [1.54, 1.807) is 25.2 Å². The summed E-state index contributed by atoms with van der Waals surface area (Å²) in [6.07, 6.45) is 2.17. The molecule has 1 N–H and O–H groups in total. The number of hydrogen-bond acceptors (Lipinski definition) is 4. The van der Waals surface area contributed by atoms with Crippen LogP contribution in [0, 0.1) is 5.92 Å². The summed E-state index contributed by atoms with van der Waals surface area (Å²) in [5, 5.41) is 2.94. The largest absolute Gasteiger partial charge is 0.316 e. The van der Waals surface area contributed by atoms with Crippen molar-refractivity contribution in [2.45, 2.75) is 31.7 Å². The summed E-state index contributed by atoms with van der Waals surface area (Å²) in [6.45, 7) is 4.64. The molecule has 2 aromatic rings. The number of hydrogen-bond donors (Lipinski definition) is 1. The highest BCUT2D eigenvalue weighted by Gasteiger charge is 2.19. The molecule has 2 rings (SSSR count). The summed E-state index contributed by atoms with van der Waals surface area (Å²) >= 11 is 0. The van der Waals surface area contributed by atoms with Crippen molar-refractivity contribution in [3.8, 4) is 0 Å². The molecule has 0 bridgehead atoms. The van der Waals surface area contributed by atoms with Crippen molar-refractivity contribution < 1.29 is 8.42 Å². The van der Waals surface area contributed by atoms with Crippen LogP contribution < -0.4 is 10.9 Å². The third kappa shape index (κ3) is 4.09. The molecule has 1 aromatic heterocycles. The second-order valence-corrected chi connectivity index (χ2v) is 7.77. The fraction of sp³-hybridized carbons (Fsp3) is 0.353. The van der Waals surface area contributed by atoms with Gasteiger partial charge in [0.25, 0.3) is 15.6 Å². The van der Waals surface area contributed by atoms with Crippen LogP contribution in [-0.4, -0.2) is 19.4 Å². The normalized spacial score (nSPS) is 11.8. The Kier molecular flexibility index (Phi) is 5.38. The summed E-state index contributed by atoms with van der Waals surface area (Å²) < 4.78 is 26.4. The van der Waals surface area contributed by atoms with Gasteiger partial charge in [0, 0.05) is 18.8 Å². The fourth-order valence-electron chi connectivity index (χ4n) is 2.42. The van der Waals surface area contributed by atoms with Crippen LogP contribution in [0.5, 0.6) is 0 Å². The van der Waals surface area contributed by atoms with Gasteiger partial charge in [-0.05, 0) is 42.6 Å². The van der Waals surface area contributed by atoms with E-state index in [4.69, 9.17) is 0 Å². The molecule has 0 aliphatic carbocycles. The van der Waals surface area contributed by atoms with Crippen LogP contribution in [0.3, 0.4) is 0 Å². The fourth-order valence-corrected chi connectivity index (χ4v) is 3.77. The summed E-state index contributed by atoms with van der Waals surface area (Å²) in [4.78, 5) is 12.2. The lowest BCUT2D eigenvalue weighted by Crippen LogP contribution is -2.27. The Morgan fingerprint density at radius 3 is 2.52 bits per heavy atom. The monoisotopic (exact) mass is 334 g/mol. The quantitative estimate of drug-likeness (QED) is 0.877. The number of pyridine rings is 1. The van der Waals surface area contributed by atoms with Gasteiger partial charge in [-0.25, -0.2) is 12.4 Å². The van der Waals surface area contributed by atoms with Crippen LogP contribution in [0.15, 0.2) is 52.3 Å². The van der Waals surface area contributed by atoms with Crippen molar-refractivity contribution in [3.63, 3.8) is 0 Å². The summed E-state index contributed by atoms with van der Waals surface area (Å²) in [6, 6.07) is 9.69.